The lowest BCUT2D eigenvalue weighted by atomic mass is 9.82. The number of aliphatic hydroxyl groups is 1. The SMILES string of the molecule is CCC(C#N)C(C)(O)c1cc(F)c(Cl)cc1Cl. The molecule has 5 heteroatoms. The first kappa shape index (κ1) is 14.2. The van der Waals surface area contributed by atoms with E-state index in [9.17, 15) is 9.50 Å². The molecule has 2 nitrogen and oxygen atoms in total. The lowest BCUT2D eigenvalue weighted by Gasteiger charge is -2.29. The summed E-state index contributed by atoms with van der Waals surface area (Å²) in [5, 5.41) is 19.3. The highest BCUT2D eigenvalue weighted by molar-refractivity contribution is 6.35. The van der Waals surface area contributed by atoms with Crippen molar-refractivity contribution in [1.29, 1.82) is 5.26 Å². The highest BCUT2D eigenvalue weighted by Crippen LogP contribution is 2.37. The molecule has 0 saturated heterocycles. The summed E-state index contributed by atoms with van der Waals surface area (Å²) in [5.41, 5.74) is -1.33. The van der Waals surface area contributed by atoms with E-state index in [1.165, 1.54) is 13.0 Å². The van der Waals surface area contributed by atoms with Crippen LogP contribution >= 0.6 is 23.2 Å². The van der Waals surface area contributed by atoms with Crippen molar-refractivity contribution in [2.24, 2.45) is 5.92 Å². The first-order valence-electron chi connectivity index (χ1n) is 5.11. The molecule has 92 valence electrons. The third-order valence-corrected chi connectivity index (χ3v) is 3.40. The van der Waals surface area contributed by atoms with E-state index in [2.05, 4.69) is 0 Å². The molecule has 0 bridgehead atoms. The number of rotatable bonds is 3. The summed E-state index contributed by atoms with van der Waals surface area (Å²) < 4.78 is 13.4. The second-order valence-corrected chi connectivity index (χ2v) is 4.80. The van der Waals surface area contributed by atoms with E-state index in [0.717, 1.165) is 6.07 Å². The molecule has 0 heterocycles. The summed E-state index contributed by atoms with van der Waals surface area (Å²) >= 11 is 11.5. The third kappa shape index (κ3) is 2.71. The Kier molecular flexibility index (Phi) is 4.37. The maximum absolute atomic E-state index is 13.4. The zero-order chi connectivity index (χ0) is 13.2. The fourth-order valence-electron chi connectivity index (χ4n) is 1.71. The molecule has 0 aliphatic heterocycles. The molecule has 0 fully saturated rings. The van der Waals surface area contributed by atoms with Gasteiger partial charge in [-0.25, -0.2) is 4.39 Å². The van der Waals surface area contributed by atoms with Crippen LogP contribution in [0.1, 0.15) is 25.8 Å². The average molecular weight is 276 g/mol. The van der Waals surface area contributed by atoms with Crippen molar-refractivity contribution in [1.82, 2.24) is 0 Å². The summed E-state index contributed by atoms with van der Waals surface area (Å²) in [6.07, 6.45) is 0.435. The largest absolute Gasteiger partial charge is 0.384 e. The van der Waals surface area contributed by atoms with Gasteiger partial charge in [0.25, 0.3) is 0 Å². The van der Waals surface area contributed by atoms with E-state index in [1.54, 1.807) is 6.92 Å². The van der Waals surface area contributed by atoms with Crippen LogP contribution in [0.15, 0.2) is 12.1 Å². The van der Waals surface area contributed by atoms with E-state index >= 15 is 0 Å². The monoisotopic (exact) mass is 275 g/mol. The van der Waals surface area contributed by atoms with Gasteiger partial charge in [0.15, 0.2) is 0 Å². The van der Waals surface area contributed by atoms with E-state index < -0.39 is 17.3 Å². The van der Waals surface area contributed by atoms with Crippen LogP contribution in [0.5, 0.6) is 0 Å². The van der Waals surface area contributed by atoms with E-state index in [0.29, 0.717) is 6.42 Å². The smallest absolute Gasteiger partial charge is 0.142 e. The molecular formula is C12H12Cl2FNO. The molecule has 0 aliphatic carbocycles. The summed E-state index contributed by atoms with van der Waals surface area (Å²) in [6, 6.07) is 4.29. The third-order valence-electron chi connectivity index (χ3n) is 2.80. The van der Waals surface area contributed by atoms with E-state index in [4.69, 9.17) is 28.5 Å². The Morgan fingerprint density at radius 1 is 1.47 bits per heavy atom. The molecule has 0 aromatic heterocycles. The Morgan fingerprint density at radius 3 is 2.53 bits per heavy atom. The number of hydrogen-bond donors (Lipinski definition) is 1. The Morgan fingerprint density at radius 2 is 2.06 bits per heavy atom. The second kappa shape index (κ2) is 5.22. The molecule has 1 aromatic carbocycles. The predicted molar refractivity (Wildman–Crippen MR) is 65.4 cm³/mol. The first-order valence-corrected chi connectivity index (χ1v) is 5.87. The Labute approximate surface area is 110 Å². The van der Waals surface area contributed by atoms with Crippen LogP contribution in [-0.2, 0) is 5.60 Å². The second-order valence-electron chi connectivity index (χ2n) is 3.98. The van der Waals surface area contributed by atoms with Gasteiger partial charge >= 0.3 is 0 Å². The Bertz CT molecular complexity index is 468. The molecule has 1 rings (SSSR count). The van der Waals surface area contributed by atoms with Gasteiger partial charge in [0.2, 0.25) is 0 Å². The number of nitrogens with zero attached hydrogens (tertiary/aromatic N) is 1. The van der Waals surface area contributed by atoms with E-state index in [1.807, 2.05) is 6.07 Å². The fourth-order valence-corrected chi connectivity index (χ4v) is 2.29. The maximum atomic E-state index is 13.4. The van der Waals surface area contributed by atoms with Gasteiger partial charge in [-0.1, -0.05) is 30.1 Å². The van der Waals surface area contributed by atoms with E-state index in [-0.39, 0.29) is 15.6 Å². The minimum absolute atomic E-state index is 0.112. The van der Waals surface area contributed by atoms with Crippen molar-refractivity contribution in [2.45, 2.75) is 25.9 Å². The Hall–Kier alpha value is -0.820. The van der Waals surface area contributed by atoms with Gasteiger partial charge in [-0.2, -0.15) is 5.26 Å². The molecule has 0 aliphatic rings. The summed E-state index contributed by atoms with van der Waals surface area (Å²) in [6.45, 7) is 3.21. The molecule has 0 radical (unpaired) electrons. The van der Waals surface area contributed by atoms with Crippen LogP contribution in [-0.4, -0.2) is 5.11 Å². The van der Waals surface area contributed by atoms with Crippen LogP contribution in [0, 0.1) is 23.1 Å². The van der Waals surface area contributed by atoms with Crippen molar-refractivity contribution in [3.05, 3.63) is 33.6 Å². The maximum Gasteiger partial charge on any atom is 0.142 e. The predicted octanol–water partition coefficient (Wildman–Crippen LogP) is 3.89. The minimum atomic E-state index is -1.51. The molecule has 17 heavy (non-hydrogen) atoms. The standard InChI is InChI=1S/C12H12Cl2FNO/c1-3-7(6-16)12(2,17)8-4-11(15)10(14)5-9(8)13/h4-5,7,17H,3H2,1-2H3. The fraction of sp³-hybridized carbons (Fsp3) is 0.417. The van der Waals surface area contributed by atoms with Crippen LogP contribution in [0.2, 0.25) is 10.0 Å². The highest BCUT2D eigenvalue weighted by Gasteiger charge is 2.35. The quantitative estimate of drug-likeness (QED) is 0.851. The minimum Gasteiger partial charge on any atom is -0.384 e. The zero-order valence-corrected chi connectivity index (χ0v) is 11.0. The lowest BCUT2D eigenvalue weighted by Crippen LogP contribution is -2.31. The van der Waals surface area contributed by atoms with Crippen LogP contribution in [0.25, 0.3) is 0 Å². The van der Waals surface area contributed by atoms with Crippen molar-refractivity contribution in [2.75, 3.05) is 0 Å². The average Bonchev–Trinajstić information content (AvgIpc) is 2.24. The zero-order valence-electron chi connectivity index (χ0n) is 9.47. The topological polar surface area (TPSA) is 44.0 Å². The molecule has 0 amide bonds. The summed E-state index contributed by atoms with van der Waals surface area (Å²) in [4.78, 5) is 0. The highest BCUT2D eigenvalue weighted by atomic mass is 35.5. The number of hydrogen-bond acceptors (Lipinski definition) is 2. The van der Waals surface area contributed by atoms with Crippen LogP contribution in [0.4, 0.5) is 4.39 Å². The number of nitriles is 1. The van der Waals surface area contributed by atoms with Gasteiger partial charge in [0, 0.05) is 10.6 Å². The van der Waals surface area contributed by atoms with Gasteiger partial charge in [0.05, 0.1) is 17.0 Å². The molecule has 2 unspecified atom stereocenters. The van der Waals surface area contributed by atoms with Gasteiger partial charge in [-0.15, -0.1) is 0 Å². The molecule has 0 saturated carbocycles. The van der Waals surface area contributed by atoms with Crippen molar-refractivity contribution >= 4 is 23.2 Å². The van der Waals surface area contributed by atoms with Crippen molar-refractivity contribution in [3.63, 3.8) is 0 Å². The van der Waals surface area contributed by atoms with Gasteiger partial charge in [-0.3, -0.25) is 0 Å². The normalized spacial score (nSPS) is 16.1. The van der Waals surface area contributed by atoms with Gasteiger partial charge in [0.1, 0.15) is 11.4 Å². The summed E-state index contributed by atoms with van der Waals surface area (Å²) in [5.74, 6) is -1.33. The number of halogens is 3. The molecule has 0 spiro atoms. The first-order chi connectivity index (χ1) is 7.84. The molecule has 2 atom stereocenters. The molecular weight excluding hydrogens is 264 g/mol. The van der Waals surface area contributed by atoms with Crippen molar-refractivity contribution in [3.8, 4) is 6.07 Å². The van der Waals surface area contributed by atoms with Gasteiger partial charge < -0.3 is 5.11 Å². The van der Waals surface area contributed by atoms with Crippen LogP contribution < -0.4 is 0 Å². The van der Waals surface area contributed by atoms with Crippen LogP contribution in [0.3, 0.4) is 0 Å². The lowest BCUT2D eigenvalue weighted by molar-refractivity contribution is 0.0149. The molecule has 1 aromatic rings. The van der Waals surface area contributed by atoms with Crippen molar-refractivity contribution < 1.29 is 9.50 Å². The molecule has 1 N–H and O–H groups in total. The van der Waals surface area contributed by atoms with Gasteiger partial charge in [-0.05, 0) is 25.5 Å². The Balaban J connectivity index is 3.33. The summed E-state index contributed by atoms with van der Waals surface area (Å²) in [7, 11) is 0. The number of benzene rings is 1.